The Hall–Kier alpha value is -0.780. The van der Waals surface area contributed by atoms with Gasteiger partial charge < -0.3 is 11.1 Å². The molecule has 0 aromatic heterocycles. The van der Waals surface area contributed by atoms with E-state index < -0.39 is 23.9 Å². The van der Waals surface area contributed by atoms with E-state index in [9.17, 15) is 18.0 Å². The van der Waals surface area contributed by atoms with E-state index in [-0.39, 0.29) is 18.4 Å². The van der Waals surface area contributed by atoms with E-state index in [1.807, 2.05) is 0 Å². The number of hydrogen-bond acceptors (Lipinski definition) is 2. The smallest absolute Gasteiger partial charge is 0.356 e. The summed E-state index contributed by atoms with van der Waals surface area (Å²) in [5, 5.41) is 2.71. The van der Waals surface area contributed by atoms with Crippen molar-refractivity contribution in [3.05, 3.63) is 0 Å². The van der Waals surface area contributed by atoms with Crippen LogP contribution in [-0.4, -0.2) is 24.7 Å². The molecular weight excluding hydrogens is 269 g/mol. The second kappa shape index (κ2) is 6.33. The summed E-state index contributed by atoms with van der Waals surface area (Å²) in [6, 6.07) is 0.0695. The first-order chi connectivity index (χ1) is 9.39. The molecule has 0 saturated heterocycles. The minimum Gasteiger partial charge on any atom is -0.356 e. The van der Waals surface area contributed by atoms with Crippen molar-refractivity contribution in [3.63, 3.8) is 0 Å². The summed E-state index contributed by atoms with van der Waals surface area (Å²) in [6.07, 6.45) is 0.332. The Morgan fingerprint density at radius 3 is 2.40 bits per heavy atom. The molecule has 0 aromatic carbocycles. The van der Waals surface area contributed by atoms with Crippen LogP contribution in [0.25, 0.3) is 0 Å². The van der Waals surface area contributed by atoms with Gasteiger partial charge in [-0.1, -0.05) is 19.3 Å². The maximum Gasteiger partial charge on any atom is 0.392 e. The number of alkyl halides is 3. The first-order valence-electron chi connectivity index (χ1n) is 7.49. The van der Waals surface area contributed by atoms with Gasteiger partial charge in [0.1, 0.15) is 0 Å². The molecule has 2 aliphatic carbocycles. The van der Waals surface area contributed by atoms with E-state index in [1.165, 1.54) is 0 Å². The monoisotopic (exact) mass is 292 g/mol. The topological polar surface area (TPSA) is 55.1 Å². The van der Waals surface area contributed by atoms with Gasteiger partial charge in [0.15, 0.2) is 0 Å². The summed E-state index contributed by atoms with van der Waals surface area (Å²) in [5.41, 5.74) is 5.91. The normalized spacial score (nSPS) is 35.0. The standard InChI is InChI=1S/C14H23F3N2O/c15-14(16,17)11-6-2-1-5-10(11)13(20)19-8-9-4-3-7-12(9)18/h9-12H,1-8,18H2,(H,19,20). The van der Waals surface area contributed by atoms with Crippen LogP contribution in [0.15, 0.2) is 0 Å². The first kappa shape index (κ1) is 15.6. The van der Waals surface area contributed by atoms with Crippen molar-refractivity contribution >= 4 is 5.91 Å². The number of hydrogen-bond donors (Lipinski definition) is 2. The minimum atomic E-state index is -4.27. The molecule has 2 saturated carbocycles. The summed E-state index contributed by atoms with van der Waals surface area (Å²) >= 11 is 0. The zero-order chi connectivity index (χ0) is 14.8. The Balaban J connectivity index is 1.89. The molecule has 6 heteroatoms. The van der Waals surface area contributed by atoms with Gasteiger partial charge in [0.05, 0.1) is 5.92 Å². The van der Waals surface area contributed by atoms with Crippen molar-refractivity contribution in [1.82, 2.24) is 5.32 Å². The zero-order valence-corrected chi connectivity index (χ0v) is 11.6. The molecule has 4 unspecified atom stereocenters. The number of halogens is 3. The maximum atomic E-state index is 13.0. The highest BCUT2D eigenvalue weighted by Gasteiger charge is 2.48. The molecular formula is C14H23F3N2O. The lowest BCUT2D eigenvalue weighted by Gasteiger charge is -2.32. The number of carbonyl (C=O) groups is 1. The number of carbonyl (C=O) groups excluding carboxylic acids is 1. The second-order valence-electron chi connectivity index (χ2n) is 6.14. The third-order valence-electron chi connectivity index (χ3n) is 4.78. The van der Waals surface area contributed by atoms with Crippen LogP contribution in [0, 0.1) is 17.8 Å². The van der Waals surface area contributed by atoms with E-state index in [0.29, 0.717) is 25.8 Å². The lowest BCUT2D eigenvalue weighted by Crippen LogP contribution is -2.44. The SMILES string of the molecule is NC1CCCC1CNC(=O)C1CCCCC1C(F)(F)F. The van der Waals surface area contributed by atoms with Crippen LogP contribution in [0.1, 0.15) is 44.9 Å². The Morgan fingerprint density at radius 1 is 1.10 bits per heavy atom. The lowest BCUT2D eigenvalue weighted by molar-refractivity contribution is -0.198. The van der Waals surface area contributed by atoms with E-state index in [0.717, 1.165) is 19.3 Å². The Kier molecular flexibility index (Phi) is 4.94. The molecule has 116 valence electrons. The van der Waals surface area contributed by atoms with E-state index in [4.69, 9.17) is 5.73 Å². The predicted octanol–water partition coefficient (Wildman–Crippen LogP) is 2.60. The number of rotatable bonds is 3. The molecule has 0 aliphatic heterocycles. The van der Waals surface area contributed by atoms with Crippen LogP contribution >= 0.6 is 0 Å². The Labute approximate surface area is 117 Å². The molecule has 0 spiro atoms. The highest BCUT2D eigenvalue weighted by atomic mass is 19.4. The van der Waals surface area contributed by atoms with Crippen LogP contribution in [0.5, 0.6) is 0 Å². The minimum absolute atomic E-state index is 0.0695. The molecule has 0 radical (unpaired) electrons. The summed E-state index contributed by atoms with van der Waals surface area (Å²) in [5.74, 6) is -2.62. The molecule has 0 aromatic rings. The summed E-state index contributed by atoms with van der Waals surface area (Å²) in [4.78, 5) is 12.1. The predicted molar refractivity (Wildman–Crippen MR) is 69.8 cm³/mol. The van der Waals surface area contributed by atoms with Crippen LogP contribution in [0.2, 0.25) is 0 Å². The van der Waals surface area contributed by atoms with Crippen molar-refractivity contribution in [1.29, 1.82) is 0 Å². The van der Waals surface area contributed by atoms with Crippen LogP contribution in [-0.2, 0) is 4.79 Å². The Morgan fingerprint density at radius 2 is 1.80 bits per heavy atom. The van der Waals surface area contributed by atoms with E-state index >= 15 is 0 Å². The summed E-state index contributed by atoms with van der Waals surface area (Å²) < 4.78 is 38.9. The summed E-state index contributed by atoms with van der Waals surface area (Å²) in [7, 11) is 0. The fourth-order valence-electron chi connectivity index (χ4n) is 3.52. The van der Waals surface area contributed by atoms with Gasteiger partial charge in [0.2, 0.25) is 5.91 Å². The third-order valence-corrected chi connectivity index (χ3v) is 4.78. The number of nitrogens with two attached hydrogens (primary N) is 1. The van der Waals surface area contributed by atoms with Crippen LogP contribution in [0.3, 0.4) is 0 Å². The fraction of sp³-hybridized carbons (Fsp3) is 0.929. The molecule has 4 atom stereocenters. The molecule has 1 amide bonds. The van der Waals surface area contributed by atoms with Crippen molar-refractivity contribution in [2.24, 2.45) is 23.5 Å². The molecule has 2 rings (SSSR count). The van der Waals surface area contributed by atoms with Crippen LogP contribution in [0.4, 0.5) is 13.2 Å². The van der Waals surface area contributed by atoms with Gasteiger partial charge in [-0.15, -0.1) is 0 Å². The van der Waals surface area contributed by atoms with Crippen molar-refractivity contribution < 1.29 is 18.0 Å². The molecule has 3 N–H and O–H groups in total. The molecule has 2 aliphatic rings. The van der Waals surface area contributed by atoms with Crippen molar-refractivity contribution in [3.8, 4) is 0 Å². The van der Waals surface area contributed by atoms with Gasteiger partial charge in [0, 0.05) is 18.5 Å². The summed E-state index contributed by atoms with van der Waals surface area (Å²) in [6.45, 7) is 0.418. The van der Waals surface area contributed by atoms with E-state index in [2.05, 4.69) is 5.32 Å². The highest BCUT2D eigenvalue weighted by molar-refractivity contribution is 5.79. The molecule has 0 bridgehead atoms. The quantitative estimate of drug-likeness (QED) is 0.840. The van der Waals surface area contributed by atoms with Gasteiger partial charge in [-0.3, -0.25) is 4.79 Å². The highest BCUT2D eigenvalue weighted by Crippen LogP contribution is 2.41. The average molecular weight is 292 g/mol. The van der Waals surface area contributed by atoms with Gasteiger partial charge in [0.25, 0.3) is 0 Å². The van der Waals surface area contributed by atoms with Gasteiger partial charge >= 0.3 is 6.18 Å². The van der Waals surface area contributed by atoms with Gasteiger partial charge in [-0.05, 0) is 31.6 Å². The zero-order valence-electron chi connectivity index (χ0n) is 11.6. The maximum absolute atomic E-state index is 13.0. The molecule has 2 fully saturated rings. The molecule has 0 heterocycles. The second-order valence-corrected chi connectivity index (χ2v) is 6.14. The largest absolute Gasteiger partial charge is 0.392 e. The van der Waals surface area contributed by atoms with Gasteiger partial charge in [-0.2, -0.15) is 13.2 Å². The molecule has 3 nitrogen and oxygen atoms in total. The lowest BCUT2D eigenvalue weighted by atomic mass is 9.78. The van der Waals surface area contributed by atoms with Crippen molar-refractivity contribution in [2.75, 3.05) is 6.54 Å². The first-order valence-corrected chi connectivity index (χ1v) is 7.49. The number of amides is 1. The van der Waals surface area contributed by atoms with E-state index in [1.54, 1.807) is 0 Å². The van der Waals surface area contributed by atoms with Gasteiger partial charge in [-0.25, -0.2) is 0 Å². The third kappa shape index (κ3) is 3.65. The van der Waals surface area contributed by atoms with Crippen LogP contribution < -0.4 is 11.1 Å². The average Bonchev–Trinajstić information content (AvgIpc) is 2.80. The number of nitrogens with one attached hydrogen (secondary N) is 1. The fourth-order valence-corrected chi connectivity index (χ4v) is 3.52. The Bertz CT molecular complexity index is 346. The van der Waals surface area contributed by atoms with Crippen molar-refractivity contribution in [2.45, 2.75) is 57.2 Å². The molecule has 20 heavy (non-hydrogen) atoms.